The van der Waals surface area contributed by atoms with Crippen LogP contribution in [0.3, 0.4) is 0 Å². The molecule has 0 aromatic carbocycles. The number of aliphatic imine (C=N–C) groups is 1. The van der Waals surface area contributed by atoms with Gasteiger partial charge < -0.3 is 19.7 Å². The fourth-order valence-electron chi connectivity index (χ4n) is 2.81. The Morgan fingerprint density at radius 2 is 2.12 bits per heavy atom. The zero-order valence-corrected chi connectivity index (χ0v) is 15.4. The maximum Gasteiger partial charge on any atom is 0.205 e. The summed E-state index contributed by atoms with van der Waals surface area (Å²) in [5.74, 6) is 1.91. The Morgan fingerprint density at radius 1 is 1.33 bits per heavy atom. The smallest absolute Gasteiger partial charge is 0.205 e. The number of aryl methyl sites for hydroxylation is 2. The van der Waals surface area contributed by atoms with E-state index in [9.17, 15) is 0 Å². The molecule has 8 heteroatoms. The second kappa shape index (κ2) is 7.65. The van der Waals surface area contributed by atoms with Crippen molar-refractivity contribution < 1.29 is 0 Å². The fourth-order valence-corrected chi connectivity index (χ4v) is 3.61. The van der Waals surface area contributed by atoms with Crippen LogP contribution in [0.5, 0.6) is 0 Å². The third kappa shape index (κ3) is 3.87. The number of nitrogens with zero attached hydrogens (tertiary/aromatic N) is 6. The highest BCUT2D eigenvalue weighted by Crippen LogP contribution is 2.19. The number of rotatable bonds is 4. The first-order valence-corrected chi connectivity index (χ1v) is 9.11. The molecule has 1 aliphatic rings. The molecule has 0 radical (unpaired) electrons. The number of guanidine groups is 1. The van der Waals surface area contributed by atoms with E-state index >= 15 is 0 Å². The van der Waals surface area contributed by atoms with E-state index in [1.165, 1.54) is 17.1 Å². The molecule has 0 bridgehead atoms. The third-order valence-electron chi connectivity index (χ3n) is 4.18. The monoisotopic (exact) mass is 347 g/mol. The zero-order chi connectivity index (χ0) is 16.9. The number of nitrogens with one attached hydrogen (secondary N) is 1. The van der Waals surface area contributed by atoms with Crippen molar-refractivity contribution in [3.8, 4) is 0 Å². The molecule has 1 saturated heterocycles. The minimum Gasteiger partial charge on any atom is -0.357 e. The lowest BCUT2D eigenvalue weighted by molar-refractivity contribution is 0.372. The van der Waals surface area contributed by atoms with Gasteiger partial charge in [-0.2, -0.15) is 4.37 Å². The Kier molecular flexibility index (Phi) is 5.34. The molecule has 3 rings (SSSR count). The molecule has 0 amide bonds. The zero-order valence-electron chi connectivity index (χ0n) is 14.6. The van der Waals surface area contributed by atoms with E-state index in [1.807, 2.05) is 14.1 Å². The molecule has 0 unspecified atom stereocenters. The molecule has 1 aliphatic heterocycles. The van der Waals surface area contributed by atoms with E-state index < -0.39 is 0 Å². The lowest BCUT2D eigenvalue weighted by Crippen LogP contribution is -2.52. The van der Waals surface area contributed by atoms with Crippen LogP contribution in [0.4, 0.5) is 5.13 Å². The molecular formula is C16H25N7S. The highest BCUT2D eigenvalue weighted by Gasteiger charge is 2.21. The van der Waals surface area contributed by atoms with Crippen molar-refractivity contribution in [2.45, 2.75) is 19.9 Å². The molecule has 0 aliphatic carbocycles. The molecule has 0 saturated carbocycles. The topological polar surface area (TPSA) is 61.6 Å². The van der Waals surface area contributed by atoms with Gasteiger partial charge in [-0.3, -0.25) is 4.99 Å². The van der Waals surface area contributed by atoms with Gasteiger partial charge in [0.05, 0.1) is 0 Å². The van der Waals surface area contributed by atoms with Crippen molar-refractivity contribution in [1.82, 2.24) is 24.1 Å². The van der Waals surface area contributed by atoms with Crippen LogP contribution in [0.25, 0.3) is 0 Å². The molecule has 0 atom stereocenters. The van der Waals surface area contributed by atoms with Crippen molar-refractivity contribution in [3.05, 3.63) is 29.8 Å². The van der Waals surface area contributed by atoms with Gasteiger partial charge >= 0.3 is 0 Å². The van der Waals surface area contributed by atoms with Crippen LogP contribution in [0, 0.1) is 0 Å². The molecule has 24 heavy (non-hydrogen) atoms. The normalized spacial score (nSPS) is 15.9. The summed E-state index contributed by atoms with van der Waals surface area (Å²) in [7, 11) is 3.88. The Labute approximate surface area is 147 Å². The van der Waals surface area contributed by atoms with Crippen LogP contribution in [-0.4, -0.2) is 58.0 Å². The van der Waals surface area contributed by atoms with Crippen LogP contribution >= 0.6 is 11.5 Å². The van der Waals surface area contributed by atoms with Crippen LogP contribution < -0.4 is 10.2 Å². The summed E-state index contributed by atoms with van der Waals surface area (Å²) in [6.45, 7) is 6.66. The summed E-state index contributed by atoms with van der Waals surface area (Å²) < 4.78 is 6.44. The fraction of sp³-hybridized carbons (Fsp3) is 0.562. The van der Waals surface area contributed by atoms with Gasteiger partial charge in [-0.15, -0.1) is 0 Å². The number of hydrogen-bond acceptors (Lipinski definition) is 5. The summed E-state index contributed by atoms with van der Waals surface area (Å²) in [5.41, 5.74) is 1.26. The van der Waals surface area contributed by atoms with Gasteiger partial charge in [0.1, 0.15) is 5.82 Å². The van der Waals surface area contributed by atoms with Crippen LogP contribution in [0.15, 0.2) is 23.5 Å². The van der Waals surface area contributed by atoms with Gasteiger partial charge in [-0.1, -0.05) is 6.92 Å². The van der Waals surface area contributed by atoms with Gasteiger partial charge in [0.25, 0.3) is 0 Å². The second-order valence-electron chi connectivity index (χ2n) is 5.91. The SMILES string of the molecule is CCc1nsc(N2CCN(C(=NC)NCc3ccn(C)c3)CC2)n1. The average molecular weight is 347 g/mol. The van der Waals surface area contributed by atoms with Crippen LogP contribution in [-0.2, 0) is 20.0 Å². The van der Waals surface area contributed by atoms with Crippen molar-refractivity contribution in [1.29, 1.82) is 0 Å². The Hall–Kier alpha value is -2.09. The summed E-state index contributed by atoms with van der Waals surface area (Å²) in [4.78, 5) is 13.6. The maximum absolute atomic E-state index is 4.59. The molecule has 130 valence electrons. The standard InChI is InChI=1S/C16H25N7S/c1-4-14-19-16(24-20-14)23-9-7-22(8-10-23)15(17-2)18-11-13-5-6-21(3)12-13/h5-6,12H,4,7-11H2,1-3H3,(H,17,18). The van der Waals surface area contributed by atoms with Gasteiger partial charge in [0, 0.05) is 77.2 Å². The summed E-state index contributed by atoms with van der Waals surface area (Å²) in [6, 6.07) is 2.12. The largest absolute Gasteiger partial charge is 0.357 e. The average Bonchev–Trinajstić information content (AvgIpc) is 3.25. The Bertz CT molecular complexity index is 682. The molecule has 0 spiro atoms. The third-order valence-corrected chi connectivity index (χ3v) is 4.99. The molecular weight excluding hydrogens is 322 g/mol. The van der Waals surface area contributed by atoms with Gasteiger partial charge in [0.2, 0.25) is 5.13 Å². The molecule has 2 aromatic rings. The van der Waals surface area contributed by atoms with Gasteiger partial charge in [-0.25, -0.2) is 4.98 Å². The Balaban J connectivity index is 1.52. The first kappa shape index (κ1) is 16.8. The molecule has 2 aromatic heterocycles. The molecule has 1 fully saturated rings. The minimum atomic E-state index is 0.796. The van der Waals surface area contributed by atoms with E-state index in [2.05, 4.69) is 59.4 Å². The predicted octanol–water partition coefficient (Wildman–Crippen LogP) is 1.34. The highest BCUT2D eigenvalue weighted by molar-refractivity contribution is 7.09. The second-order valence-corrected chi connectivity index (χ2v) is 6.64. The van der Waals surface area contributed by atoms with Crippen molar-refractivity contribution in [2.24, 2.45) is 12.0 Å². The van der Waals surface area contributed by atoms with Gasteiger partial charge in [0.15, 0.2) is 5.96 Å². The number of aromatic nitrogens is 3. The summed E-state index contributed by atoms with van der Waals surface area (Å²) in [6.07, 6.45) is 5.08. The van der Waals surface area contributed by atoms with Gasteiger partial charge in [-0.05, 0) is 11.6 Å². The van der Waals surface area contributed by atoms with E-state index in [0.29, 0.717) is 0 Å². The van der Waals surface area contributed by atoms with Crippen molar-refractivity contribution in [2.75, 3.05) is 38.1 Å². The predicted molar refractivity (Wildman–Crippen MR) is 98.7 cm³/mol. The van der Waals surface area contributed by atoms with E-state index in [1.54, 1.807) is 0 Å². The summed E-state index contributed by atoms with van der Waals surface area (Å²) in [5, 5.41) is 4.50. The number of piperazine rings is 1. The first-order valence-electron chi connectivity index (χ1n) is 8.33. The maximum atomic E-state index is 4.59. The number of hydrogen-bond donors (Lipinski definition) is 1. The van der Waals surface area contributed by atoms with Crippen LogP contribution in [0.1, 0.15) is 18.3 Å². The minimum absolute atomic E-state index is 0.796. The lowest BCUT2D eigenvalue weighted by atomic mass is 10.3. The Morgan fingerprint density at radius 3 is 2.71 bits per heavy atom. The summed E-state index contributed by atoms with van der Waals surface area (Å²) >= 11 is 1.50. The molecule has 3 heterocycles. The molecule has 7 nitrogen and oxygen atoms in total. The first-order chi connectivity index (χ1) is 11.7. The van der Waals surface area contributed by atoms with E-state index in [-0.39, 0.29) is 0 Å². The lowest BCUT2D eigenvalue weighted by Gasteiger charge is -2.36. The molecule has 1 N–H and O–H groups in total. The van der Waals surface area contributed by atoms with E-state index in [4.69, 9.17) is 0 Å². The van der Waals surface area contributed by atoms with Crippen molar-refractivity contribution >= 4 is 22.6 Å². The highest BCUT2D eigenvalue weighted by atomic mass is 32.1. The number of anilines is 1. The van der Waals surface area contributed by atoms with E-state index in [0.717, 1.165) is 56.1 Å². The van der Waals surface area contributed by atoms with Crippen molar-refractivity contribution in [3.63, 3.8) is 0 Å². The quantitative estimate of drug-likeness (QED) is 0.668. The van der Waals surface area contributed by atoms with Crippen LogP contribution in [0.2, 0.25) is 0 Å².